The number of aliphatic hydroxyl groups is 2. The number of hydrogen-bond acceptors (Lipinski definition) is 4. The molecule has 4 nitrogen and oxygen atoms in total. The van der Waals surface area contributed by atoms with Crippen LogP contribution in [0.4, 0.5) is 0 Å². The van der Waals surface area contributed by atoms with Crippen molar-refractivity contribution in [1.29, 1.82) is 0 Å². The van der Waals surface area contributed by atoms with Crippen molar-refractivity contribution >= 4 is 5.97 Å². The molecule has 1 heterocycles. The molecule has 0 saturated heterocycles. The van der Waals surface area contributed by atoms with Crippen LogP contribution in [0.3, 0.4) is 0 Å². The summed E-state index contributed by atoms with van der Waals surface area (Å²) in [7, 11) is 0. The largest absolute Gasteiger partial charge is 0.505 e. The Morgan fingerprint density at radius 1 is 1.17 bits per heavy atom. The SMILES string of the molecule is O=C1OC(CC=CCc2ccccc2)C(O)=C1O. The van der Waals surface area contributed by atoms with Gasteiger partial charge in [-0.1, -0.05) is 42.5 Å². The third-order valence-corrected chi connectivity index (χ3v) is 2.70. The van der Waals surface area contributed by atoms with Gasteiger partial charge in [-0.25, -0.2) is 4.79 Å². The lowest BCUT2D eigenvalue weighted by Gasteiger charge is -2.05. The standard InChI is InChI=1S/C14H14O4/c15-12-11(18-14(17)13(12)16)9-5-4-8-10-6-2-1-3-7-10/h1-7,11,15-16H,8-9H2. The van der Waals surface area contributed by atoms with Crippen LogP contribution in [0.25, 0.3) is 0 Å². The van der Waals surface area contributed by atoms with Crippen molar-refractivity contribution in [2.75, 3.05) is 0 Å². The molecule has 1 unspecified atom stereocenters. The first-order valence-corrected chi connectivity index (χ1v) is 5.70. The summed E-state index contributed by atoms with van der Waals surface area (Å²) < 4.78 is 4.77. The van der Waals surface area contributed by atoms with Crippen LogP contribution in [0.1, 0.15) is 12.0 Å². The molecule has 0 spiro atoms. The van der Waals surface area contributed by atoms with Crippen LogP contribution in [-0.4, -0.2) is 22.3 Å². The van der Waals surface area contributed by atoms with E-state index in [-0.39, 0.29) is 5.76 Å². The molecular formula is C14H14O4. The zero-order valence-corrected chi connectivity index (χ0v) is 9.74. The van der Waals surface area contributed by atoms with Crippen molar-refractivity contribution in [2.45, 2.75) is 18.9 Å². The van der Waals surface area contributed by atoms with Crippen LogP contribution in [0.2, 0.25) is 0 Å². The minimum Gasteiger partial charge on any atom is -0.505 e. The summed E-state index contributed by atoms with van der Waals surface area (Å²) in [5, 5.41) is 18.5. The predicted molar refractivity (Wildman–Crippen MR) is 66.1 cm³/mol. The molecule has 18 heavy (non-hydrogen) atoms. The fourth-order valence-electron chi connectivity index (χ4n) is 1.71. The molecule has 1 atom stereocenters. The molecule has 0 aliphatic carbocycles. The molecule has 4 heteroatoms. The van der Waals surface area contributed by atoms with E-state index in [1.54, 1.807) is 0 Å². The average Bonchev–Trinajstić information content (AvgIpc) is 2.64. The molecule has 2 rings (SSSR count). The molecule has 1 aromatic rings. The molecule has 94 valence electrons. The summed E-state index contributed by atoms with van der Waals surface area (Å²) in [6, 6.07) is 9.92. The molecule has 0 fully saturated rings. The van der Waals surface area contributed by atoms with E-state index in [0.29, 0.717) is 6.42 Å². The first-order chi connectivity index (χ1) is 8.68. The van der Waals surface area contributed by atoms with Crippen LogP contribution in [-0.2, 0) is 16.0 Å². The second kappa shape index (κ2) is 5.40. The Morgan fingerprint density at radius 2 is 1.89 bits per heavy atom. The fourth-order valence-corrected chi connectivity index (χ4v) is 1.71. The van der Waals surface area contributed by atoms with Crippen LogP contribution in [0.5, 0.6) is 0 Å². The lowest BCUT2D eigenvalue weighted by molar-refractivity contribution is -0.142. The van der Waals surface area contributed by atoms with Crippen molar-refractivity contribution < 1.29 is 19.7 Å². The van der Waals surface area contributed by atoms with Gasteiger partial charge < -0.3 is 14.9 Å². The molecule has 0 aromatic heterocycles. The molecule has 0 amide bonds. The second-order valence-corrected chi connectivity index (χ2v) is 4.02. The van der Waals surface area contributed by atoms with Gasteiger partial charge in [-0.05, 0) is 12.0 Å². The van der Waals surface area contributed by atoms with E-state index in [9.17, 15) is 9.90 Å². The Balaban J connectivity index is 1.84. The lowest BCUT2D eigenvalue weighted by atomic mass is 10.1. The van der Waals surface area contributed by atoms with Gasteiger partial charge in [-0.2, -0.15) is 0 Å². The third kappa shape index (κ3) is 2.71. The van der Waals surface area contributed by atoms with Crippen molar-refractivity contribution in [3.05, 3.63) is 59.6 Å². The van der Waals surface area contributed by atoms with Gasteiger partial charge in [-0.15, -0.1) is 0 Å². The number of esters is 1. The number of rotatable bonds is 4. The first kappa shape index (κ1) is 12.2. The molecule has 0 bridgehead atoms. The Kier molecular flexibility index (Phi) is 3.67. The molecule has 1 aliphatic heterocycles. The van der Waals surface area contributed by atoms with Gasteiger partial charge in [0.05, 0.1) is 0 Å². The quantitative estimate of drug-likeness (QED) is 0.632. The summed E-state index contributed by atoms with van der Waals surface area (Å²) in [6.07, 6.45) is 4.13. The van der Waals surface area contributed by atoms with Crippen LogP contribution in [0, 0.1) is 0 Å². The maximum Gasteiger partial charge on any atom is 0.377 e. The molecule has 0 saturated carbocycles. The van der Waals surface area contributed by atoms with E-state index >= 15 is 0 Å². The number of cyclic esters (lactones) is 1. The van der Waals surface area contributed by atoms with Crippen molar-refractivity contribution in [1.82, 2.24) is 0 Å². The minimum atomic E-state index is -0.867. The smallest absolute Gasteiger partial charge is 0.377 e. The number of ether oxygens (including phenoxy) is 1. The van der Waals surface area contributed by atoms with Gasteiger partial charge in [0, 0.05) is 6.42 Å². The van der Waals surface area contributed by atoms with E-state index in [1.807, 2.05) is 42.5 Å². The van der Waals surface area contributed by atoms with Crippen molar-refractivity contribution in [2.24, 2.45) is 0 Å². The number of carbonyl (C=O) groups excluding carboxylic acids is 1. The van der Waals surface area contributed by atoms with E-state index in [4.69, 9.17) is 9.84 Å². The molecule has 1 aromatic carbocycles. The van der Waals surface area contributed by atoms with E-state index in [2.05, 4.69) is 0 Å². The first-order valence-electron chi connectivity index (χ1n) is 5.70. The molecule has 0 radical (unpaired) electrons. The lowest BCUT2D eigenvalue weighted by Crippen LogP contribution is -2.10. The van der Waals surface area contributed by atoms with Gasteiger partial charge in [0.2, 0.25) is 5.76 Å². The normalized spacial score (nSPS) is 19.6. The monoisotopic (exact) mass is 246 g/mol. The van der Waals surface area contributed by atoms with E-state index in [0.717, 1.165) is 6.42 Å². The maximum atomic E-state index is 10.9. The van der Waals surface area contributed by atoms with Crippen LogP contribution < -0.4 is 0 Å². The van der Waals surface area contributed by atoms with Gasteiger partial charge in [0.25, 0.3) is 0 Å². The summed E-state index contributed by atoms with van der Waals surface area (Å²) in [6.45, 7) is 0. The summed E-state index contributed by atoms with van der Waals surface area (Å²) >= 11 is 0. The predicted octanol–water partition coefficient (Wildman–Crippen LogP) is 2.43. The highest BCUT2D eigenvalue weighted by atomic mass is 16.6. The topological polar surface area (TPSA) is 66.8 Å². The highest BCUT2D eigenvalue weighted by Crippen LogP contribution is 2.21. The number of hydrogen-bond donors (Lipinski definition) is 2. The number of allylic oxidation sites excluding steroid dienone is 1. The van der Waals surface area contributed by atoms with Crippen LogP contribution >= 0.6 is 0 Å². The van der Waals surface area contributed by atoms with E-state index < -0.39 is 17.8 Å². The number of aliphatic hydroxyl groups excluding tert-OH is 2. The Bertz CT molecular complexity index is 488. The van der Waals surface area contributed by atoms with Gasteiger partial charge in [0.1, 0.15) is 0 Å². The van der Waals surface area contributed by atoms with Crippen LogP contribution in [0.15, 0.2) is 54.0 Å². The zero-order chi connectivity index (χ0) is 13.0. The number of carbonyl (C=O) groups is 1. The molecular weight excluding hydrogens is 232 g/mol. The molecule has 1 aliphatic rings. The summed E-state index contributed by atoms with van der Waals surface area (Å²) in [5.74, 6) is -1.94. The fraction of sp³-hybridized carbons (Fsp3) is 0.214. The van der Waals surface area contributed by atoms with Crippen molar-refractivity contribution in [3.8, 4) is 0 Å². The second-order valence-electron chi connectivity index (χ2n) is 4.02. The van der Waals surface area contributed by atoms with E-state index in [1.165, 1.54) is 5.56 Å². The van der Waals surface area contributed by atoms with Gasteiger partial charge in [-0.3, -0.25) is 0 Å². The number of benzene rings is 1. The zero-order valence-electron chi connectivity index (χ0n) is 9.74. The summed E-state index contributed by atoms with van der Waals surface area (Å²) in [4.78, 5) is 10.9. The van der Waals surface area contributed by atoms with Gasteiger partial charge >= 0.3 is 5.97 Å². The highest BCUT2D eigenvalue weighted by Gasteiger charge is 2.33. The van der Waals surface area contributed by atoms with Gasteiger partial charge in [0.15, 0.2) is 11.9 Å². The maximum absolute atomic E-state index is 10.9. The summed E-state index contributed by atoms with van der Waals surface area (Å²) in [5.41, 5.74) is 1.18. The third-order valence-electron chi connectivity index (χ3n) is 2.70. The minimum absolute atomic E-state index is 0.356. The highest BCUT2D eigenvalue weighted by molar-refractivity contribution is 5.89. The van der Waals surface area contributed by atoms with Crippen molar-refractivity contribution in [3.63, 3.8) is 0 Å². The Hall–Kier alpha value is -2.23. The Morgan fingerprint density at radius 3 is 2.50 bits per heavy atom. The Labute approximate surface area is 105 Å². The molecule has 2 N–H and O–H groups in total. The average molecular weight is 246 g/mol.